The molecule has 3 N–H and O–H groups in total. The summed E-state index contributed by atoms with van der Waals surface area (Å²) in [6.45, 7) is 9.04. The summed E-state index contributed by atoms with van der Waals surface area (Å²) in [5.41, 5.74) is 8.48. The van der Waals surface area contributed by atoms with Crippen molar-refractivity contribution < 1.29 is 0 Å². The summed E-state index contributed by atoms with van der Waals surface area (Å²) < 4.78 is 0. The number of nitrogens with one attached hydrogen (secondary N) is 1. The van der Waals surface area contributed by atoms with E-state index in [1.54, 1.807) is 0 Å². The van der Waals surface area contributed by atoms with E-state index in [9.17, 15) is 0 Å². The van der Waals surface area contributed by atoms with Gasteiger partial charge >= 0.3 is 0 Å². The van der Waals surface area contributed by atoms with Crippen LogP contribution in [0.15, 0.2) is 60.7 Å². The first-order valence-corrected chi connectivity index (χ1v) is 8.77. The van der Waals surface area contributed by atoms with Gasteiger partial charge < -0.3 is 11.1 Å². The van der Waals surface area contributed by atoms with Crippen LogP contribution in [0.5, 0.6) is 0 Å². The van der Waals surface area contributed by atoms with Gasteiger partial charge in [-0.25, -0.2) is 0 Å². The van der Waals surface area contributed by atoms with Crippen LogP contribution in [-0.2, 0) is 12.8 Å². The van der Waals surface area contributed by atoms with Crippen molar-refractivity contribution in [1.82, 2.24) is 5.32 Å². The standard InChI is InChI=1S/C13H17N.C10H15N/c1-4-10-14-13(2,3)11-12-8-6-5-7-9-12;1-10(2,11)8-9-6-4-3-5-7-9/h1,5-9,14H,10-11H2,2-3H3;3-7H,8,11H2,1-2H3. The van der Waals surface area contributed by atoms with E-state index in [2.05, 4.69) is 61.5 Å². The van der Waals surface area contributed by atoms with Crippen LogP contribution in [0.25, 0.3) is 0 Å². The minimum absolute atomic E-state index is 0.0632. The van der Waals surface area contributed by atoms with Crippen LogP contribution in [0.2, 0.25) is 0 Å². The van der Waals surface area contributed by atoms with Gasteiger partial charge in [-0.1, -0.05) is 66.6 Å². The van der Waals surface area contributed by atoms with Crippen LogP contribution in [0.3, 0.4) is 0 Å². The Morgan fingerprint density at radius 1 is 0.840 bits per heavy atom. The Kier molecular flexibility index (Phi) is 8.41. The minimum Gasteiger partial charge on any atom is -0.325 e. The summed E-state index contributed by atoms with van der Waals surface area (Å²) in [6.07, 6.45) is 7.15. The van der Waals surface area contributed by atoms with Crippen LogP contribution in [0.4, 0.5) is 0 Å². The van der Waals surface area contributed by atoms with Crippen molar-refractivity contribution in [2.24, 2.45) is 5.73 Å². The number of hydrogen-bond donors (Lipinski definition) is 2. The molecule has 0 heterocycles. The fourth-order valence-electron chi connectivity index (χ4n) is 2.58. The Bertz CT molecular complexity index is 631. The summed E-state index contributed by atoms with van der Waals surface area (Å²) in [4.78, 5) is 0. The van der Waals surface area contributed by atoms with Crippen molar-refractivity contribution >= 4 is 0 Å². The lowest BCUT2D eigenvalue weighted by atomic mass is 9.95. The van der Waals surface area contributed by atoms with Crippen LogP contribution < -0.4 is 11.1 Å². The van der Waals surface area contributed by atoms with Crippen LogP contribution in [-0.4, -0.2) is 17.6 Å². The van der Waals surface area contributed by atoms with Gasteiger partial charge in [-0.2, -0.15) is 0 Å². The third-order valence-corrected chi connectivity index (χ3v) is 3.66. The maximum Gasteiger partial charge on any atom is 0.0578 e. The molecule has 0 spiro atoms. The number of benzene rings is 2. The van der Waals surface area contributed by atoms with Gasteiger partial charge in [-0.3, -0.25) is 0 Å². The highest BCUT2D eigenvalue weighted by Crippen LogP contribution is 2.11. The molecule has 2 rings (SSSR count). The first-order chi connectivity index (χ1) is 11.7. The van der Waals surface area contributed by atoms with Crippen molar-refractivity contribution in [2.45, 2.75) is 51.6 Å². The second-order valence-electron chi connectivity index (χ2n) is 7.75. The first kappa shape index (κ1) is 21.0. The van der Waals surface area contributed by atoms with Gasteiger partial charge in [0.15, 0.2) is 0 Å². The molecule has 2 heteroatoms. The number of rotatable bonds is 6. The Balaban J connectivity index is 0.000000257. The van der Waals surface area contributed by atoms with Gasteiger partial charge in [0.25, 0.3) is 0 Å². The zero-order valence-electron chi connectivity index (χ0n) is 16.0. The number of terminal acetylenes is 1. The quantitative estimate of drug-likeness (QED) is 0.776. The van der Waals surface area contributed by atoms with Crippen molar-refractivity contribution in [3.05, 3.63) is 71.8 Å². The molecule has 0 fully saturated rings. The summed E-state index contributed by atoms with van der Waals surface area (Å²) in [5.74, 6) is 2.60. The second kappa shape index (κ2) is 10.0. The van der Waals surface area contributed by atoms with Crippen molar-refractivity contribution in [1.29, 1.82) is 0 Å². The van der Waals surface area contributed by atoms with E-state index in [-0.39, 0.29) is 11.1 Å². The summed E-state index contributed by atoms with van der Waals surface area (Å²) >= 11 is 0. The van der Waals surface area contributed by atoms with E-state index < -0.39 is 0 Å². The maximum absolute atomic E-state index is 5.87. The fraction of sp³-hybridized carbons (Fsp3) is 0.391. The topological polar surface area (TPSA) is 38.0 Å². The lowest BCUT2D eigenvalue weighted by Crippen LogP contribution is -2.41. The summed E-state index contributed by atoms with van der Waals surface area (Å²) in [5, 5.41) is 3.32. The molecule has 0 aromatic heterocycles. The molecule has 0 saturated carbocycles. The molecule has 0 bridgehead atoms. The van der Waals surface area contributed by atoms with Crippen molar-refractivity contribution in [3.63, 3.8) is 0 Å². The zero-order valence-corrected chi connectivity index (χ0v) is 16.0. The molecule has 0 aliphatic rings. The molecular weight excluding hydrogens is 304 g/mol. The third kappa shape index (κ3) is 10.4. The molecule has 0 radical (unpaired) electrons. The average Bonchev–Trinajstić information content (AvgIpc) is 2.53. The van der Waals surface area contributed by atoms with Crippen LogP contribution >= 0.6 is 0 Å². The largest absolute Gasteiger partial charge is 0.325 e. The molecule has 0 atom stereocenters. The Morgan fingerprint density at radius 2 is 1.28 bits per heavy atom. The van der Waals surface area contributed by atoms with E-state index in [4.69, 9.17) is 12.2 Å². The molecule has 134 valence electrons. The van der Waals surface area contributed by atoms with Crippen LogP contribution in [0, 0.1) is 12.3 Å². The second-order valence-corrected chi connectivity index (χ2v) is 7.75. The Labute approximate surface area is 153 Å². The molecule has 2 nitrogen and oxygen atoms in total. The fourth-order valence-corrected chi connectivity index (χ4v) is 2.58. The molecule has 2 aromatic rings. The predicted molar refractivity (Wildman–Crippen MR) is 109 cm³/mol. The average molecular weight is 337 g/mol. The van der Waals surface area contributed by atoms with E-state index in [1.165, 1.54) is 11.1 Å². The Morgan fingerprint density at radius 3 is 1.68 bits per heavy atom. The normalized spacial score (nSPS) is 11.2. The highest BCUT2D eigenvalue weighted by atomic mass is 14.9. The molecule has 25 heavy (non-hydrogen) atoms. The van der Waals surface area contributed by atoms with Gasteiger partial charge in [0.1, 0.15) is 0 Å². The Hall–Kier alpha value is -2.08. The monoisotopic (exact) mass is 336 g/mol. The lowest BCUT2D eigenvalue weighted by molar-refractivity contribution is 0.408. The van der Waals surface area contributed by atoms with Gasteiger partial charge in [0, 0.05) is 11.1 Å². The highest BCUT2D eigenvalue weighted by Gasteiger charge is 2.16. The molecule has 0 amide bonds. The van der Waals surface area contributed by atoms with E-state index >= 15 is 0 Å². The smallest absolute Gasteiger partial charge is 0.0578 e. The molecule has 2 aromatic carbocycles. The van der Waals surface area contributed by atoms with Gasteiger partial charge in [0.05, 0.1) is 6.54 Å². The third-order valence-electron chi connectivity index (χ3n) is 3.66. The van der Waals surface area contributed by atoms with Crippen molar-refractivity contribution in [3.8, 4) is 12.3 Å². The summed E-state index contributed by atoms with van der Waals surface area (Å²) in [7, 11) is 0. The molecule has 0 aliphatic carbocycles. The molecule has 0 aliphatic heterocycles. The number of nitrogens with two attached hydrogens (primary N) is 1. The van der Waals surface area contributed by atoms with Crippen molar-refractivity contribution in [2.75, 3.05) is 6.54 Å². The first-order valence-electron chi connectivity index (χ1n) is 8.77. The zero-order chi connectivity index (χ0) is 18.8. The number of hydrogen-bond acceptors (Lipinski definition) is 2. The minimum atomic E-state index is -0.0959. The lowest BCUT2D eigenvalue weighted by Gasteiger charge is -2.25. The predicted octanol–water partition coefficient (Wildman–Crippen LogP) is 4.20. The van der Waals surface area contributed by atoms with Gasteiger partial charge in [-0.15, -0.1) is 6.42 Å². The van der Waals surface area contributed by atoms with Gasteiger partial charge in [0.2, 0.25) is 0 Å². The molecule has 0 saturated heterocycles. The van der Waals surface area contributed by atoms with E-state index in [1.807, 2.05) is 38.1 Å². The SMILES string of the molecule is C#CCNC(C)(C)Cc1ccccc1.CC(C)(N)Cc1ccccc1. The maximum atomic E-state index is 5.87. The summed E-state index contributed by atoms with van der Waals surface area (Å²) in [6, 6.07) is 20.8. The van der Waals surface area contributed by atoms with E-state index in [0.29, 0.717) is 6.54 Å². The van der Waals surface area contributed by atoms with Gasteiger partial charge in [-0.05, 0) is 51.7 Å². The molecular formula is C23H32N2. The van der Waals surface area contributed by atoms with E-state index in [0.717, 1.165) is 12.8 Å². The highest BCUT2D eigenvalue weighted by molar-refractivity contribution is 5.18. The molecule has 0 unspecified atom stereocenters. The van der Waals surface area contributed by atoms with Crippen LogP contribution in [0.1, 0.15) is 38.8 Å².